The summed E-state index contributed by atoms with van der Waals surface area (Å²) in [7, 11) is 0. The zero-order valence-electron chi connectivity index (χ0n) is 9.27. The van der Waals surface area contributed by atoms with Crippen molar-refractivity contribution < 1.29 is 10.2 Å². The van der Waals surface area contributed by atoms with Gasteiger partial charge < -0.3 is 10.2 Å². The minimum absolute atomic E-state index is 0.127. The summed E-state index contributed by atoms with van der Waals surface area (Å²) in [6.45, 7) is 0. The van der Waals surface area contributed by atoms with Crippen LogP contribution in [0.5, 0.6) is 0 Å². The van der Waals surface area contributed by atoms with Gasteiger partial charge in [-0.3, -0.25) is 0 Å². The van der Waals surface area contributed by atoms with Gasteiger partial charge in [-0.25, -0.2) is 0 Å². The molecule has 2 fully saturated rings. The molecule has 15 heavy (non-hydrogen) atoms. The van der Waals surface area contributed by atoms with E-state index in [0.29, 0.717) is 10.5 Å². The summed E-state index contributed by atoms with van der Waals surface area (Å²) in [6, 6.07) is 0. The number of thioether (sulfide) groups is 1. The second kappa shape index (κ2) is 5.55. The van der Waals surface area contributed by atoms with E-state index < -0.39 is 0 Å². The second-order valence-electron chi connectivity index (χ2n) is 4.92. The first-order valence-corrected chi connectivity index (χ1v) is 7.23. The van der Waals surface area contributed by atoms with Crippen LogP contribution in [0.25, 0.3) is 0 Å². The molecule has 88 valence electrons. The molecule has 2 aliphatic rings. The lowest BCUT2D eigenvalue weighted by Gasteiger charge is -2.34. The summed E-state index contributed by atoms with van der Waals surface area (Å²) in [5, 5.41) is 20.5. The first-order valence-electron chi connectivity index (χ1n) is 6.29. The van der Waals surface area contributed by atoms with Gasteiger partial charge in [-0.1, -0.05) is 25.7 Å². The smallest absolute Gasteiger partial charge is 0.0658 e. The van der Waals surface area contributed by atoms with Crippen LogP contribution in [0, 0.1) is 0 Å². The van der Waals surface area contributed by atoms with Crippen molar-refractivity contribution in [2.45, 2.75) is 74.1 Å². The third-order valence-electron chi connectivity index (χ3n) is 3.68. The van der Waals surface area contributed by atoms with E-state index in [1.54, 1.807) is 0 Å². The lowest BCUT2D eigenvalue weighted by atomic mass is 9.97. The maximum atomic E-state index is 9.88. The van der Waals surface area contributed by atoms with E-state index in [1.165, 1.54) is 25.7 Å². The quantitative estimate of drug-likeness (QED) is 0.765. The largest absolute Gasteiger partial charge is 0.392 e. The first kappa shape index (κ1) is 11.7. The van der Waals surface area contributed by atoms with Crippen molar-refractivity contribution in [3.8, 4) is 0 Å². The standard InChI is InChI=1S/C12H22O2S/c13-9-5-1-3-7-11(9)15-12-8-4-2-6-10(12)14/h9-14H,1-8H2/t9-,10-,11+,12+/m1/s1. The summed E-state index contributed by atoms with van der Waals surface area (Å²) in [5.41, 5.74) is 0. The van der Waals surface area contributed by atoms with Gasteiger partial charge in [0.2, 0.25) is 0 Å². The van der Waals surface area contributed by atoms with Crippen molar-refractivity contribution in [2.75, 3.05) is 0 Å². The van der Waals surface area contributed by atoms with Crippen molar-refractivity contribution in [3.63, 3.8) is 0 Å². The molecular weight excluding hydrogens is 208 g/mol. The predicted molar refractivity (Wildman–Crippen MR) is 64.1 cm³/mol. The molecular formula is C12H22O2S. The topological polar surface area (TPSA) is 40.5 Å². The second-order valence-corrected chi connectivity index (χ2v) is 6.40. The zero-order valence-corrected chi connectivity index (χ0v) is 10.1. The third-order valence-corrected chi connectivity index (χ3v) is 5.48. The maximum Gasteiger partial charge on any atom is 0.0658 e. The van der Waals surface area contributed by atoms with Crippen LogP contribution in [-0.2, 0) is 0 Å². The van der Waals surface area contributed by atoms with Gasteiger partial charge in [0.05, 0.1) is 12.2 Å². The molecule has 0 spiro atoms. The predicted octanol–water partition coefficient (Wildman–Crippen LogP) is 2.33. The van der Waals surface area contributed by atoms with Gasteiger partial charge in [-0.15, -0.1) is 11.8 Å². The van der Waals surface area contributed by atoms with Gasteiger partial charge in [-0.05, 0) is 25.7 Å². The fourth-order valence-electron chi connectivity index (χ4n) is 2.70. The molecule has 2 saturated carbocycles. The lowest BCUT2D eigenvalue weighted by molar-refractivity contribution is 0.127. The van der Waals surface area contributed by atoms with Crippen LogP contribution in [0.3, 0.4) is 0 Å². The van der Waals surface area contributed by atoms with Crippen molar-refractivity contribution in [2.24, 2.45) is 0 Å². The molecule has 0 unspecified atom stereocenters. The number of hydrogen-bond acceptors (Lipinski definition) is 3. The van der Waals surface area contributed by atoms with E-state index in [9.17, 15) is 10.2 Å². The highest BCUT2D eigenvalue weighted by Crippen LogP contribution is 2.37. The summed E-state index contributed by atoms with van der Waals surface area (Å²) in [5.74, 6) is 0. The van der Waals surface area contributed by atoms with Crippen molar-refractivity contribution in [1.82, 2.24) is 0 Å². The van der Waals surface area contributed by atoms with E-state index in [0.717, 1.165) is 25.7 Å². The SMILES string of the molecule is O[C@@H]1CCCC[C@@H]1S[C@H]1CCCC[C@H]1O. The minimum Gasteiger partial charge on any atom is -0.392 e. The molecule has 4 atom stereocenters. The van der Waals surface area contributed by atoms with Gasteiger partial charge in [0, 0.05) is 10.5 Å². The molecule has 0 heterocycles. The Balaban J connectivity index is 1.83. The van der Waals surface area contributed by atoms with Crippen LogP contribution in [0.1, 0.15) is 51.4 Å². The molecule has 0 aromatic carbocycles. The third kappa shape index (κ3) is 3.11. The van der Waals surface area contributed by atoms with E-state index in [1.807, 2.05) is 11.8 Å². The Labute approximate surface area is 96.5 Å². The van der Waals surface area contributed by atoms with Crippen LogP contribution < -0.4 is 0 Å². The van der Waals surface area contributed by atoms with Crippen LogP contribution in [-0.4, -0.2) is 32.9 Å². The summed E-state index contributed by atoms with van der Waals surface area (Å²) in [4.78, 5) is 0. The normalized spacial score (nSPS) is 42.8. The average Bonchev–Trinajstić information content (AvgIpc) is 2.24. The summed E-state index contributed by atoms with van der Waals surface area (Å²) < 4.78 is 0. The number of rotatable bonds is 2. The van der Waals surface area contributed by atoms with E-state index in [4.69, 9.17) is 0 Å². The molecule has 0 radical (unpaired) electrons. The Bertz CT molecular complexity index is 178. The number of hydrogen-bond donors (Lipinski definition) is 2. The molecule has 0 aliphatic heterocycles. The van der Waals surface area contributed by atoms with Gasteiger partial charge in [0.1, 0.15) is 0 Å². The monoisotopic (exact) mass is 230 g/mol. The van der Waals surface area contributed by atoms with Gasteiger partial charge >= 0.3 is 0 Å². The Morgan fingerprint density at radius 1 is 0.667 bits per heavy atom. The van der Waals surface area contributed by atoms with Crippen LogP contribution in [0.4, 0.5) is 0 Å². The maximum absolute atomic E-state index is 9.88. The molecule has 0 aromatic rings. The number of aliphatic hydroxyl groups is 2. The van der Waals surface area contributed by atoms with Crippen molar-refractivity contribution in [3.05, 3.63) is 0 Å². The zero-order chi connectivity index (χ0) is 10.7. The fraction of sp³-hybridized carbons (Fsp3) is 1.00. The van der Waals surface area contributed by atoms with Gasteiger partial charge in [0.25, 0.3) is 0 Å². The molecule has 0 bridgehead atoms. The lowest BCUT2D eigenvalue weighted by Crippen LogP contribution is -2.34. The summed E-state index contributed by atoms with van der Waals surface area (Å²) in [6.07, 6.45) is 8.77. The summed E-state index contributed by atoms with van der Waals surface area (Å²) >= 11 is 1.86. The molecule has 3 heteroatoms. The van der Waals surface area contributed by atoms with Crippen LogP contribution in [0.15, 0.2) is 0 Å². The number of aliphatic hydroxyl groups excluding tert-OH is 2. The Hall–Kier alpha value is 0.270. The minimum atomic E-state index is -0.127. The molecule has 0 saturated heterocycles. The molecule has 0 aromatic heterocycles. The fourth-order valence-corrected chi connectivity index (χ4v) is 4.39. The Morgan fingerprint density at radius 2 is 1.07 bits per heavy atom. The molecule has 2 rings (SSSR count). The molecule has 2 N–H and O–H groups in total. The Kier molecular flexibility index (Phi) is 4.35. The Morgan fingerprint density at radius 3 is 1.47 bits per heavy atom. The average molecular weight is 230 g/mol. The van der Waals surface area contributed by atoms with Gasteiger partial charge in [0.15, 0.2) is 0 Å². The van der Waals surface area contributed by atoms with E-state index in [-0.39, 0.29) is 12.2 Å². The highest BCUT2D eigenvalue weighted by atomic mass is 32.2. The highest BCUT2D eigenvalue weighted by Gasteiger charge is 2.30. The highest BCUT2D eigenvalue weighted by molar-refractivity contribution is 8.00. The van der Waals surface area contributed by atoms with E-state index >= 15 is 0 Å². The van der Waals surface area contributed by atoms with Crippen molar-refractivity contribution in [1.29, 1.82) is 0 Å². The molecule has 2 nitrogen and oxygen atoms in total. The first-order chi connectivity index (χ1) is 7.27. The van der Waals surface area contributed by atoms with Crippen LogP contribution >= 0.6 is 11.8 Å². The van der Waals surface area contributed by atoms with Crippen molar-refractivity contribution >= 4 is 11.8 Å². The van der Waals surface area contributed by atoms with Gasteiger partial charge in [-0.2, -0.15) is 0 Å². The molecule has 2 aliphatic carbocycles. The van der Waals surface area contributed by atoms with E-state index in [2.05, 4.69) is 0 Å². The van der Waals surface area contributed by atoms with Crippen LogP contribution in [0.2, 0.25) is 0 Å². The molecule has 0 amide bonds.